The highest BCUT2D eigenvalue weighted by atomic mass is 35.5. The van der Waals surface area contributed by atoms with E-state index in [1.165, 1.54) is 0 Å². The Balaban J connectivity index is 1.85. The number of allylic oxidation sites excluding steroid dienone is 1. The molecule has 7 heteroatoms. The average Bonchev–Trinajstić information content (AvgIpc) is 3.07. The molecule has 1 aromatic heterocycles. The van der Waals surface area contributed by atoms with E-state index in [1.807, 2.05) is 55.5 Å². The van der Waals surface area contributed by atoms with Crippen LogP contribution in [-0.4, -0.2) is 22.7 Å². The van der Waals surface area contributed by atoms with Crippen LogP contribution in [0.25, 0.3) is 0 Å². The van der Waals surface area contributed by atoms with Gasteiger partial charge in [-0.1, -0.05) is 53.5 Å². The lowest BCUT2D eigenvalue weighted by molar-refractivity contribution is -0.115. The van der Waals surface area contributed by atoms with Crippen molar-refractivity contribution in [3.8, 4) is 0 Å². The number of benzene rings is 2. The van der Waals surface area contributed by atoms with E-state index < -0.39 is 6.04 Å². The Kier molecular flexibility index (Phi) is 4.87. The van der Waals surface area contributed by atoms with Crippen molar-refractivity contribution in [1.29, 1.82) is 0 Å². The molecule has 1 N–H and O–H groups in total. The number of likely N-dealkylation sites (N-methyl/N-ethyl adjacent to an activating group) is 1. The molecule has 0 spiro atoms. The number of hydrogen-bond acceptors (Lipinski definition) is 3. The van der Waals surface area contributed by atoms with Crippen molar-refractivity contribution >= 4 is 40.6 Å². The van der Waals surface area contributed by atoms with Gasteiger partial charge in [-0.25, -0.2) is 4.68 Å². The Morgan fingerprint density at radius 1 is 1.14 bits per heavy atom. The smallest absolute Gasteiger partial charge is 0.258 e. The summed E-state index contributed by atoms with van der Waals surface area (Å²) in [5, 5.41) is 8.73. The summed E-state index contributed by atoms with van der Waals surface area (Å²) in [6, 6.07) is 16.5. The van der Waals surface area contributed by atoms with E-state index in [2.05, 4.69) is 10.4 Å². The van der Waals surface area contributed by atoms with Gasteiger partial charge in [-0.05, 0) is 36.8 Å². The van der Waals surface area contributed by atoms with Crippen molar-refractivity contribution in [3.05, 3.63) is 87.7 Å². The summed E-state index contributed by atoms with van der Waals surface area (Å²) in [4.78, 5) is 15.1. The largest absolute Gasteiger partial charge is 0.342 e. The SMILES string of the molecule is CC1=C(C(=O)N(C)c2ccccc2)C(c2cccc(Cl)c2)n2ncc(Cl)c2N1. The number of fused-ring (bicyclic) bond motifs is 1. The van der Waals surface area contributed by atoms with Crippen molar-refractivity contribution in [2.24, 2.45) is 0 Å². The number of aromatic nitrogens is 2. The summed E-state index contributed by atoms with van der Waals surface area (Å²) >= 11 is 12.5. The molecule has 1 unspecified atom stereocenters. The van der Waals surface area contributed by atoms with E-state index in [-0.39, 0.29) is 5.91 Å². The Morgan fingerprint density at radius 2 is 1.89 bits per heavy atom. The summed E-state index contributed by atoms with van der Waals surface area (Å²) in [7, 11) is 1.76. The first-order valence-electron chi connectivity index (χ1n) is 8.76. The minimum Gasteiger partial charge on any atom is -0.342 e. The number of amides is 1. The van der Waals surface area contributed by atoms with Crippen molar-refractivity contribution < 1.29 is 4.79 Å². The van der Waals surface area contributed by atoms with E-state index in [9.17, 15) is 4.79 Å². The fraction of sp³-hybridized carbons (Fsp3) is 0.143. The first-order chi connectivity index (χ1) is 13.5. The van der Waals surface area contributed by atoms with Crippen LogP contribution >= 0.6 is 23.2 Å². The molecular formula is C21H18Cl2N4O. The summed E-state index contributed by atoms with van der Waals surface area (Å²) in [5.41, 5.74) is 2.98. The van der Waals surface area contributed by atoms with Gasteiger partial charge < -0.3 is 10.2 Å². The minimum atomic E-state index is -0.443. The number of nitrogens with zero attached hydrogens (tertiary/aromatic N) is 3. The lowest BCUT2D eigenvalue weighted by Crippen LogP contribution is -2.36. The molecule has 0 saturated carbocycles. The molecule has 2 aromatic carbocycles. The Labute approximate surface area is 173 Å². The molecule has 2 heterocycles. The number of para-hydroxylation sites is 1. The fourth-order valence-electron chi connectivity index (χ4n) is 3.44. The van der Waals surface area contributed by atoms with Gasteiger partial charge in [-0.2, -0.15) is 5.10 Å². The molecule has 1 aliphatic rings. The molecule has 142 valence electrons. The first-order valence-corrected chi connectivity index (χ1v) is 9.52. The number of hydrogen-bond donors (Lipinski definition) is 1. The minimum absolute atomic E-state index is 0.126. The Morgan fingerprint density at radius 3 is 2.61 bits per heavy atom. The van der Waals surface area contributed by atoms with Crippen LogP contribution in [0.1, 0.15) is 18.5 Å². The highest BCUT2D eigenvalue weighted by Crippen LogP contribution is 2.40. The topological polar surface area (TPSA) is 50.2 Å². The molecule has 0 bridgehead atoms. The second kappa shape index (κ2) is 7.34. The monoisotopic (exact) mass is 412 g/mol. The summed E-state index contributed by atoms with van der Waals surface area (Å²) in [6.07, 6.45) is 1.57. The maximum Gasteiger partial charge on any atom is 0.258 e. The van der Waals surface area contributed by atoms with Crippen LogP contribution in [0, 0.1) is 0 Å². The molecule has 28 heavy (non-hydrogen) atoms. The van der Waals surface area contributed by atoms with Gasteiger partial charge in [0, 0.05) is 23.5 Å². The van der Waals surface area contributed by atoms with Crippen molar-refractivity contribution in [3.63, 3.8) is 0 Å². The van der Waals surface area contributed by atoms with Gasteiger partial charge in [0.05, 0.1) is 11.8 Å². The predicted octanol–water partition coefficient (Wildman–Crippen LogP) is 5.14. The second-order valence-electron chi connectivity index (χ2n) is 6.61. The van der Waals surface area contributed by atoms with Gasteiger partial charge in [0.25, 0.3) is 5.91 Å². The lowest BCUT2D eigenvalue weighted by Gasteiger charge is -2.32. The molecule has 1 amide bonds. The van der Waals surface area contributed by atoms with Gasteiger partial charge in [0.1, 0.15) is 16.9 Å². The lowest BCUT2D eigenvalue weighted by atomic mass is 9.94. The average molecular weight is 413 g/mol. The predicted molar refractivity (Wildman–Crippen MR) is 113 cm³/mol. The third-order valence-corrected chi connectivity index (χ3v) is 5.33. The third-order valence-electron chi connectivity index (χ3n) is 4.82. The molecule has 0 radical (unpaired) electrons. The van der Waals surface area contributed by atoms with E-state index in [1.54, 1.807) is 28.9 Å². The molecule has 0 saturated heterocycles. The van der Waals surface area contributed by atoms with Crippen molar-refractivity contribution in [1.82, 2.24) is 9.78 Å². The number of carbonyl (C=O) groups excluding carboxylic acids is 1. The van der Waals surface area contributed by atoms with E-state index >= 15 is 0 Å². The maximum absolute atomic E-state index is 13.5. The van der Waals surface area contributed by atoms with Crippen LogP contribution in [0.3, 0.4) is 0 Å². The molecule has 1 atom stereocenters. The zero-order chi connectivity index (χ0) is 19.8. The molecule has 0 aliphatic carbocycles. The number of anilines is 2. The first kappa shape index (κ1) is 18.6. The summed E-state index contributed by atoms with van der Waals surface area (Å²) in [6.45, 7) is 1.87. The third kappa shape index (κ3) is 3.17. The van der Waals surface area contributed by atoms with Crippen molar-refractivity contribution in [2.75, 3.05) is 17.3 Å². The molecule has 4 rings (SSSR count). The Bertz CT molecular complexity index is 1080. The molecule has 5 nitrogen and oxygen atoms in total. The van der Waals surface area contributed by atoms with Gasteiger partial charge in [-0.15, -0.1) is 0 Å². The maximum atomic E-state index is 13.5. The number of rotatable bonds is 3. The number of halogens is 2. The number of nitrogens with one attached hydrogen (secondary N) is 1. The summed E-state index contributed by atoms with van der Waals surface area (Å²) < 4.78 is 1.73. The zero-order valence-electron chi connectivity index (χ0n) is 15.4. The van der Waals surface area contributed by atoms with E-state index in [4.69, 9.17) is 23.2 Å². The number of carbonyl (C=O) groups is 1. The van der Waals surface area contributed by atoms with Crippen LogP contribution in [-0.2, 0) is 4.79 Å². The fourth-order valence-corrected chi connectivity index (χ4v) is 3.81. The van der Waals surface area contributed by atoms with E-state index in [0.29, 0.717) is 21.4 Å². The van der Waals surface area contributed by atoms with Gasteiger partial charge in [-0.3, -0.25) is 4.79 Å². The normalized spacial score (nSPS) is 15.8. The van der Waals surface area contributed by atoms with Crippen LogP contribution in [0.15, 0.2) is 72.1 Å². The van der Waals surface area contributed by atoms with Crippen LogP contribution < -0.4 is 10.2 Å². The van der Waals surface area contributed by atoms with E-state index in [0.717, 1.165) is 16.9 Å². The molecular weight excluding hydrogens is 395 g/mol. The van der Waals surface area contributed by atoms with Gasteiger partial charge in [0.15, 0.2) is 0 Å². The Hall–Kier alpha value is -2.76. The van der Waals surface area contributed by atoms with Gasteiger partial charge >= 0.3 is 0 Å². The highest BCUT2D eigenvalue weighted by molar-refractivity contribution is 6.33. The zero-order valence-corrected chi connectivity index (χ0v) is 16.9. The standard InChI is InChI=1S/C21H18Cl2N4O/c1-13-18(21(28)26(2)16-9-4-3-5-10-16)19(14-7-6-8-15(22)11-14)27-20(25-13)17(23)12-24-27/h3-12,19,25H,1-2H3. The van der Waals surface area contributed by atoms with Crippen LogP contribution in [0.5, 0.6) is 0 Å². The molecule has 3 aromatic rings. The second-order valence-corrected chi connectivity index (χ2v) is 7.45. The van der Waals surface area contributed by atoms with Crippen LogP contribution in [0.4, 0.5) is 11.5 Å². The molecule has 1 aliphatic heterocycles. The summed E-state index contributed by atoms with van der Waals surface area (Å²) in [5.74, 6) is 0.529. The molecule has 0 fully saturated rings. The van der Waals surface area contributed by atoms with Crippen molar-refractivity contribution in [2.45, 2.75) is 13.0 Å². The van der Waals surface area contributed by atoms with Crippen LogP contribution in [0.2, 0.25) is 10.0 Å². The highest BCUT2D eigenvalue weighted by Gasteiger charge is 2.35. The quantitative estimate of drug-likeness (QED) is 0.647. The van der Waals surface area contributed by atoms with Gasteiger partial charge in [0.2, 0.25) is 0 Å².